The molecule has 0 N–H and O–H groups in total. The zero-order valence-corrected chi connectivity index (χ0v) is 18.8. The Morgan fingerprint density at radius 3 is 1.90 bits per heavy atom. The minimum atomic E-state index is -0.325. The van der Waals surface area contributed by atoms with Gasteiger partial charge in [0, 0.05) is 0 Å². The summed E-state index contributed by atoms with van der Waals surface area (Å²) in [5.74, 6) is 1.02. The third-order valence-corrected chi connectivity index (χ3v) is 5.31. The molecule has 2 aromatic carbocycles. The molecule has 0 heterocycles. The lowest BCUT2D eigenvalue weighted by atomic mass is 10.0. The highest BCUT2D eigenvalue weighted by molar-refractivity contribution is 5.91. The van der Waals surface area contributed by atoms with E-state index in [2.05, 4.69) is 13.8 Å². The van der Waals surface area contributed by atoms with E-state index < -0.39 is 0 Å². The summed E-state index contributed by atoms with van der Waals surface area (Å²) >= 11 is 0. The minimum absolute atomic E-state index is 0.325. The maximum atomic E-state index is 12.4. The molecule has 0 saturated carbocycles. The van der Waals surface area contributed by atoms with Gasteiger partial charge in [0.05, 0.1) is 12.2 Å². The van der Waals surface area contributed by atoms with Crippen molar-refractivity contribution >= 4 is 5.97 Å². The molecule has 2 aromatic rings. The summed E-state index contributed by atoms with van der Waals surface area (Å²) in [6.45, 7) is 5.17. The third-order valence-electron chi connectivity index (χ3n) is 5.31. The highest BCUT2D eigenvalue weighted by Crippen LogP contribution is 2.19. The zero-order valence-electron chi connectivity index (χ0n) is 18.8. The summed E-state index contributed by atoms with van der Waals surface area (Å²) in [5.41, 5.74) is 1.86. The molecule has 0 bridgehead atoms. The number of rotatable bonds is 15. The van der Waals surface area contributed by atoms with Crippen molar-refractivity contribution in [2.45, 2.75) is 84.5 Å². The van der Waals surface area contributed by atoms with Crippen molar-refractivity contribution in [1.82, 2.24) is 0 Å². The van der Waals surface area contributed by atoms with E-state index in [1.165, 1.54) is 63.4 Å². The van der Waals surface area contributed by atoms with Crippen LogP contribution in [0.2, 0.25) is 0 Å². The summed E-state index contributed by atoms with van der Waals surface area (Å²) in [6, 6.07) is 15.1. The van der Waals surface area contributed by atoms with Crippen molar-refractivity contribution in [3.8, 4) is 11.5 Å². The van der Waals surface area contributed by atoms with Gasteiger partial charge in [0.15, 0.2) is 0 Å². The van der Waals surface area contributed by atoms with Crippen LogP contribution < -0.4 is 9.47 Å². The molecule has 0 amide bonds. The normalized spacial score (nSPS) is 10.7. The Hall–Kier alpha value is -2.29. The second kappa shape index (κ2) is 14.7. The number of ether oxygens (including phenoxy) is 2. The lowest BCUT2D eigenvalue weighted by Crippen LogP contribution is -2.08. The van der Waals surface area contributed by atoms with Gasteiger partial charge in [-0.2, -0.15) is 0 Å². The van der Waals surface area contributed by atoms with Crippen molar-refractivity contribution in [2.75, 3.05) is 6.61 Å². The molecule has 0 aromatic heterocycles. The van der Waals surface area contributed by atoms with Crippen molar-refractivity contribution in [3.63, 3.8) is 0 Å². The first-order chi connectivity index (χ1) is 14.7. The quantitative estimate of drug-likeness (QED) is 0.171. The Kier molecular flexibility index (Phi) is 11.7. The summed E-state index contributed by atoms with van der Waals surface area (Å²) in [4.78, 5) is 12.4. The van der Waals surface area contributed by atoms with Gasteiger partial charge in [0.1, 0.15) is 11.5 Å². The van der Waals surface area contributed by atoms with E-state index in [0.29, 0.717) is 11.3 Å². The predicted octanol–water partition coefficient (Wildman–Crippen LogP) is 7.77. The fraction of sp³-hybridized carbons (Fsp3) is 0.519. The molecule has 0 unspecified atom stereocenters. The van der Waals surface area contributed by atoms with Crippen LogP contribution in [-0.4, -0.2) is 12.6 Å². The monoisotopic (exact) mass is 410 g/mol. The van der Waals surface area contributed by atoms with Crippen LogP contribution in [-0.2, 0) is 6.42 Å². The van der Waals surface area contributed by atoms with Gasteiger partial charge in [-0.3, -0.25) is 0 Å². The number of carbonyl (C=O) groups is 1. The van der Waals surface area contributed by atoms with Crippen LogP contribution in [0.15, 0.2) is 48.5 Å². The highest BCUT2D eigenvalue weighted by atomic mass is 16.5. The van der Waals surface area contributed by atoms with E-state index in [1.807, 2.05) is 36.4 Å². The Bertz CT molecular complexity index is 704. The molecule has 30 heavy (non-hydrogen) atoms. The molecule has 3 nitrogen and oxygen atoms in total. The molecule has 2 rings (SSSR count). The second-order valence-electron chi connectivity index (χ2n) is 7.98. The van der Waals surface area contributed by atoms with E-state index in [-0.39, 0.29) is 5.97 Å². The third kappa shape index (κ3) is 9.47. The van der Waals surface area contributed by atoms with Crippen LogP contribution in [0.1, 0.15) is 94.0 Å². The van der Waals surface area contributed by atoms with Crippen LogP contribution in [0, 0.1) is 0 Å². The van der Waals surface area contributed by atoms with Gasteiger partial charge in [0.25, 0.3) is 0 Å². The maximum absolute atomic E-state index is 12.4. The molecule has 164 valence electrons. The van der Waals surface area contributed by atoms with E-state index >= 15 is 0 Å². The molecule has 0 saturated heterocycles. The molecular formula is C27H38O3. The standard InChI is InChI=1S/C27H38O3/c1-3-5-7-9-10-11-13-23-14-16-24(17-15-23)27(28)30-26-20-18-25(19-21-26)29-22-12-8-6-4-2/h14-21H,3-13,22H2,1-2H3. The average Bonchev–Trinajstić information content (AvgIpc) is 2.77. The Balaban J connectivity index is 1.72. The molecule has 0 fully saturated rings. The summed E-state index contributed by atoms with van der Waals surface area (Å²) in [5, 5.41) is 0. The van der Waals surface area contributed by atoms with Gasteiger partial charge >= 0.3 is 5.97 Å². The molecule has 0 aliphatic carbocycles. The number of esters is 1. The fourth-order valence-electron chi connectivity index (χ4n) is 3.41. The number of aryl methyl sites for hydroxylation is 1. The van der Waals surface area contributed by atoms with Crippen molar-refractivity contribution < 1.29 is 14.3 Å². The first kappa shape index (κ1) is 24.0. The van der Waals surface area contributed by atoms with Gasteiger partial charge in [-0.25, -0.2) is 4.79 Å². The van der Waals surface area contributed by atoms with E-state index in [9.17, 15) is 4.79 Å². The molecule has 3 heteroatoms. The van der Waals surface area contributed by atoms with Gasteiger partial charge in [-0.15, -0.1) is 0 Å². The average molecular weight is 411 g/mol. The fourth-order valence-corrected chi connectivity index (χ4v) is 3.41. The summed E-state index contributed by atoms with van der Waals surface area (Å²) < 4.78 is 11.2. The number of unbranched alkanes of at least 4 members (excludes halogenated alkanes) is 8. The van der Waals surface area contributed by atoms with Crippen LogP contribution in [0.5, 0.6) is 11.5 Å². The second-order valence-corrected chi connectivity index (χ2v) is 7.98. The molecular weight excluding hydrogens is 372 g/mol. The lowest BCUT2D eigenvalue weighted by molar-refractivity contribution is 0.0734. The lowest BCUT2D eigenvalue weighted by Gasteiger charge is -2.08. The molecule has 0 aliphatic rings. The van der Waals surface area contributed by atoms with Crippen molar-refractivity contribution in [3.05, 3.63) is 59.7 Å². The van der Waals surface area contributed by atoms with Gasteiger partial charge < -0.3 is 9.47 Å². The van der Waals surface area contributed by atoms with Crippen LogP contribution >= 0.6 is 0 Å². The maximum Gasteiger partial charge on any atom is 0.343 e. The minimum Gasteiger partial charge on any atom is -0.494 e. The van der Waals surface area contributed by atoms with E-state index in [1.54, 1.807) is 12.1 Å². The van der Waals surface area contributed by atoms with Crippen molar-refractivity contribution in [1.29, 1.82) is 0 Å². The van der Waals surface area contributed by atoms with Gasteiger partial charge in [-0.1, -0.05) is 77.3 Å². The molecule has 0 aliphatic heterocycles. The summed E-state index contributed by atoms with van der Waals surface area (Å²) in [7, 11) is 0. The predicted molar refractivity (Wildman–Crippen MR) is 125 cm³/mol. The molecule has 0 spiro atoms. The number of carbonyl (C=O) groups excluding carboxylic acids is 1. The van der Waals surface area contributed by atoms with E-state index in [0.717, 1.165) is 25.2 Å². The van der Waals surface area contributed by atoms with Crippen molar-refractivity contribution in [2.24, 2.45) is 0 Å². The largest absolute Gasteiger partial charge is 0.494 e. The zero-order chi connectivity index (χ0) is 21.4. The number of hydrogen-bond donors (Lipinski definition) is 0. The van der Waals surface area contributed by atoms with Crippen LogP contribution in [0.3, 0.4) is 0 Å². The molecule has 0 radical (unpaired) electrons. The Labute approximate surface area is 182 Å². The Morgan fingerprint density at radius 2 is 1.23 bits per heavy atom. The van der Waals surface area contributed by atoms with Crippen LogP contribution in [0.4, 0.5) is 0 Å². The summed E-state index contributed by atoms with van der Waals surface area (Å²) in [6.07, 6.45) is 13.6. The van der Waals surface area contributed by atoms with Gasteiger partial charge in [0.2, 0.25) is 0 Å². The number of benzene rings is 2. The first-order valence-electron chi connectivity index (χ1n) is 11.8. The topological polar surface area (TPSA) is 35.5 Å². The first-order valence-corrected chi connectivity index (χ1v) is 11.8. The highest BCUT2D eigenvalue weighted by Gasteiger charge is 2.09. The van der Waals surface area contributed by atoms with Crippen LogP contribution in [0.25, 0.3) is 0 Å². The number of hydrogen-bond acceptors (Lipinski definition) is 3. The molecule has 0 atom stereocenters. The van der Waals surface area contributed by atoms with E-state index in [4.69, 9.17) is 9.47 Å². The Morgan fingerprint density at radius 1 is 0.667 bits per heavy atom. The van der Waals surface area contributed by atoms with Gasteiger partial charge in [-0.05, 0) is 61.2 Å². The smallest absolute Gasteiger partial charge is 0.343 e. The SMILES string of the molecule is CCCCCCCCc1ccc(C(=O)Oc2ccc(OCCCCCC)cc2)cc1.